The fraction of sp³-hybridized carbons (Fsp3) is 0.900. The minimum Gasteiger partial charge on any atom is -0.371 e. The van der Waals surface area contributed by atoms with Crippen molar-refractivity contribution in [3.63, 3.8) is 0 Å². The van der Waals surface area contributed by atoms with Crippen LogP contribution in [0.4, 0.5) is 0 Å². The maximum atomic E-state index is 5.18. The number of rotatable bonds is 7. The number of hydrogen-bond acceptors (Lipinski definition) is 3. The molecule has 0 N–H and O–H groups in total. The van der Waals surface area contributed by atoms with Gasteiger partial charge in [-0.1, -0.05) is 13.3 Å². The summed E-state index contributed by atoms with van der Waals surface area (Å²) in [6.07, 6.45) is 2.28. The van der Waals surface area contributed by atoms with Crippen LogP contribution in [0.15, 0.2) is 0 Å². The van der Waals surface area contributed by atoms with Crippen molar-refractivity contribution in [1.82, 2.24) is 0 Å². The van der Waals surface area contributed by atoms with Gasteiger partial charge in [0.1, 0.15) is 0 Å². The van der Waals surface area contributed by atoms with Crippen molar-refractivity contribution >= 4 is 9.53 Å². The Morgan fingerprint density at radius 1 is 0.867 bits per heavy atom. The Labute approximate surface area is 122 Å². The van der Waals surface area contributed by atoms with Gasteiger partial charge in [-0.3, -0.25) is 0 Å². The largest absolute Gasteiger partial charge is 0.577 e. The van der Waals surface area contributed by atoms with Gasteiger partial charge in [0.05, 0.1) is 0 Å². The molecule has 2 radical (unpaired) electrons. The Hall–Kier alpha value is 1.20. The van der Waals surface area contributed by atoms with E-state index in [-0.39, 0.29) is 32.7 Å². The van der Waals surface area contributed by atoms with E-state index < -0.39 is 9.53 Å². The molecule has 3 nitrogen and oxygen atoms in total. The molecule has 0 spiro atoms. The molecule has 0 heterocycles. The molecule has 0 aromatic carbocycles. The Morgan fingerprint density at radius 2 is 1.13 bits per heavy atom. The smallest absolute Gasteiger partial charge is 0.371 e. The maximum Gasteiger partial charge on any atom is 0.577 e. The summed E-state index contributed by atoms with van der Waals surface area (Å²) in [7, 11) is -1.40. The summed E-state index contributed by atoms with van der Waals surface area (Å²) in [6.45, 7) is 13.5. The summed E-state index contributed by atoms with van der Waals surface area (Å²) < 4.78 is 15.5. The second kappa shape index (κ2) is 20.6. The SMILES string of the molecule is CCO[Si](OCC)OCC.[CH2-]CCC.[Y]. The zero-order chi connectivity index (χ0) is 11.2. The zero-order valence-electron chi connectivity index (χ0n) is 10.5. The van der Waals surface area contributed by atoms with Crippen molar-refractivity contribution in [3.05, 3.63) is 6.92 Å². The van der Waals surface area contributed by atoms with Crippen LogP contribution in [0.1, 0.15) is 40.5 Å². The molecule has 0 fully saturated rings. The summed E-state index contributed by atoms with van der Waals surface area (Å²) in [5.41, 5.74) is 0. The molecule has 0 amide bonds. The third-order valence-electron chi connectivity index (χ3n) is 1.14. The van der Waals surface area contributed by atoms with Crippen molar-refractivity contribution < 1.29 is 46.0 Å². The predicted octanol–water partition coefficient (Wildman–Crippen LogP) is 2.70. The zero-order valence-corrected chi connectivity index (χ0v) is 14.4. The molecule has 15 heavy (non-hydrogen) atoms. The van der Waals surface area contributed by atoms with Crippen molar-refractivity contribution in [3.8, 4) is 0 Å². The van der Waals surface area contributed by atoms with Gasteiger partial charge < -0.3 is 20.2 Å². The first-order valence-electron chi connectivity index (χ1n) is 5.31. The van der Waals surface area contributed by atoms with Crippen LogP contribution >= 0.6 is 0 Å². The average molecular weight is 309 g/mol. The van der Waals surface area contributed by atoms with Crippen molar-refractivity contribution in [2.75, 3.05) is 19.8 Å². The molecule has 0 saturated carbocycles. The normalized spacial score (nSPS) is 9.20. The van der Waals surface area contributed by atoms with E-state index in [2.05, 4.69) is 13.8 Å². The molecular weight excluding hydrogens is 285 g/mol. The average Bonchev–Trinajstić information content (AvgIpc) is 2.20. The van der Waals surface area contributed by atoms with E-state index in [9.17, 15) is 0 Å². The molecule has 0 bridgehead atoms. The Kier molecular flexibility index (Phi) is 29.5. The van der Waals surface area contributed by atoms with Crippen LogP contribution in [0.25, 0.3) is 0 Å². The molecule has 0 unspecified atom stereocenters. The molecule has 0 aromatic rings. The van der Waals surface area contributed by atoms with Crippen molar-refractivity contribution in [1.29, 1.82) is 0 Å². The fourth-order valence-electron chi connectivity index (χ4n) is 0.479. The van der Waals surface area contributed by atoms with Crippen LogP contribution in [0.2, 0.25) is 0 Å². The van der Waals surface area contributed by atoms with E-state index in [0.29, 0.717) is 19.8 Å². The second-order valence-corrected chi connectivity index (χ2v) is 3.77. The molecule has 0 atom stereocenters. The predicted molar refractivity (Wildman–Crippen MR) is 60.9 cm³/mol. The van der Waals surface area contributed by atoms with Gasteiger partial charge in [-0.2, -0.15) is 6.42 Å². The van der Waals surface area contributed by atoms with E-state index in [1.807, 2.05) is 20.8 Å². The topological polar surface area (TPSA) is 27.7 Å². The number of unbranched alkanes of at least 4 members (excludes halogenated alkanes) is 1. The molecule has 90 valence electrons. The summed E-state index contributed by atoms with van der Waals surface area (Å²) in [5.74, 6) is 0. The van der Waals surface area contributed by atoms with E-state index in [4.69, 9.17) is 13.3 Å². The minimum absolute atomic E-state index is 0. The molecule has 0 aliphatic carbocycles. The van der Waals surface area contributed by atoms with Crippen LogP contribution in [-0.2, 0) is 46.0 Å². The van der Waals surface area contributed by atoms with E-state index in [1.165, 1.54) is 6.42 Å². The van der Waals surface area contributed by atoms with Gasteiger partial charge in [-0.15, -0.1) is 0 Å². The summed E-state index contributed by atoms with van der Waals surface area (Å²) >= 11 is 0. The van der Waals surface area contributed by atoms with Gasteiger partial charge in [0.15, 0.2) is 0 Å². The molecular formula is C10H24O3SiY-. The molecule has 0 rings (SSSR count). The molecule has 5 heteroatoms. The van der Waals surface area contributed by atoms with Gasteiger partial charge in [-0.25, -0.2) is 0 Å². The Morgan fingerprint density at radius 3 is 1.27 bits per heavy atom. The van der Waals surface area contributed by atoms with Gasteiger partial charge in [-0.05, 0) is 20.8 Å². The second-order valence-electron chi connectivity index (χ2n) is 2.40. The first kappa shape index (κ1) is 21.5. The molecule has 0 aromatic heterocycles. The summed E-state index contributed by atoms with van der Waals surface area (Å²) in [5, 5.41) is 0. The standard InChI is InChI=1S/C6H15O3Si.C4H9.Y/c1-4-7-10(8-5-2)9-6-3;1-3-4-2;/h4-6H2,1-3H3;1,3-4H2,2H3;/q;-1;. The van der Waals surface area contributed by atoms with Crippen molar-refractivity contribution in [2.24, 2.45) is 0 Å². The first-order valence-corrected chi connectivity index (χ1v) is 6.53. The Balaban J connectivity index is -0.000000249. The summed E-state index contributed by atoms with van der Waals surface area (Å²) in [6, 6.07) is 0. The minimum atomic E-state index is -1.40. The van der Waals surface area contributed by atoms with E-state index >= 15 is 0 Å². The molecule has 0 aliphatic rings. The van der Waals surface area contributed by atoms with Crippen LogP contribution in [0, 0.1) is 6.92 Å². The third kappa shape index (κ3) is 21.1. The first-order chi connectivity index (χ1) is 6.76. The summed E-state index contributed by atoms with van der Waals surface area (Å²) in [4.78, 5) is 0. The van der Waals surface area contributed by atoms with Crippen molar-refractivity contribution in [2.45, 2.75) is 40.5 Å². The van der Waals surface area contributed by atoms with E-state index in [0.717, 1.165) is 6.42 Å². The third-order valence-corrected chi connectivity index (χ3v) is 2.71. The van der Waals surface area contributed by atoms with Gasteiger partial charge in [0, 0.05) is 52.5 Å². The van der Waals surface area contributed by atoms with Gasteiger partial charge >= 0.3 is 9.53 Å². The fourth-order valence-corrected chi connectivity index (χ4v) is 1.44. The van der Waals surface area contributed by atoms with Gasteiger partial charge in [0.25, 0.3) is 0 Å². The monoisotopic (exact) mass is 309 g/mol. The maximum absolute atomic E-state index is 5.18. The number of hydrogen-bond donors (Lipinski definition) is 0. The molecule has 0 aliphatic heterocycles. The molecule has 0 saturated heterocycles. The Bertz CT molecular complexity index is 80.5. The van der Waals surface area contributed by atoms with Crippen LogP contribution < -0.4 is 0 Å². The van der Waals surface area contributed by atoms with Crippen LogP contribution in [-0.4, -0.2) is 29.3 Å². The van der Waals surface area contributed by atoms with Gasteiger partial charge in [0.2, 0.25) is 0 Å². The van der Waals surface area contributed by atoms with Crippen LogP contribution in [0.3, 0.4) is 0 Å². The quantitative estimate of drug-likeness (QED) is 0.534. The van der Waals surface area contributed by atoms with Crippen LogP contribution in [0.5, 0.6) is 0 Å². The van der Waals surface area contributed by atoms with E-state index in [1.54, 1.807) is 0 Å².